The van der Waals surface area contributed by atoms with Crippen molar-refractivity contribution in [2.24, 2.45) is 0 Å². The van der Waals surface area contributed by atoms with Gasteiger partial charge in [-0.1, -0.05) is 0 Å². The molecule has 1 aromatic carbocycles. The van der Waals surface area contributed by atoms with Crippen molar-refractivity contribution in [3.8, 4) is 17.2 Å². The number of aromatic nitrogens is 1. The molecule has 0 bridgehead atoms. The zero-order valence-electron chi connectivity index (χ0n) is 16.7. The number of benzene rings is 1. The fourth-order valence-corrected chi connectivity index (χ4v) is 3.47. The fourth-order valence-electron chi connectivity index (χ4n) is 3.47. The summed E-state index contributed by atoms with van der Waals surface area (Å²) in [7, 11) is 1.26. The number of amides is 1. The number of rotatable bonds is 4. The van der Waals surface area contributed by atoms with Crippen LogP contribution in [0.4, 0.5) is 8.78 Å². The first-order valence-corrected chi connectivity index (χ1v) is 9.38. The number of hydrogen-bond acceptors (Lipinski definition) is 6. The summed E-state index contributed by atoms with van der Waals surface area (Å²) >= 11 is 0. The zero-order valence-corrected chi connectivity index (χ0v) is 16.7. The largest absolute Gasteiger partial charge is 0.487 e. The lowest BCUT2D eigenvalue weighted by Gasteiger charge is -2.33. The maximum Gasteiger partial charge on any atom is 0.338 e. The number of alkyl halides is 1. The smallest absolute Gasteiger partial charge is 0.338 e. The number of methoxy groups -OCH3 is 1. The van der Waals surface area contributed by atoms with Gasteiger partial charge >= 0.3 is 5.97 Å². The van der Waals surface area contributed by atoms with Gasteiger partial charge in [-0.25, -0.2) is 18.6 Å². The van der Waals surface area contributed by atoms with E-state index >= 15 is 0 Å². The van der Waals surface area contributed by atoms with Crippen molar-refractivity contribution < 1.29 is 32.6 Å². The maximum atomic E-state index is 14.5. The van der Waals surface area contributed by atoms with Crippen molar-refractivity contribution in [3.63, 3.8) is 0 Å². The molecule has 3 heterocycles. The van der Waals surface area contributed by atoms with E-state index in [1.165, 1.54) is 24.3 Å². The van der Waals surface area contributed by atoms with Crippen LogP contribution < -0.4 is 9.47 Å². The van der Waals surface area contributed by atoms with Gasteiger partial charge in [-0.05, 0) is 26.0 Å². The Bertz CT molecular complexity index is 1030. The third kappa shape index (κ3) is 3.67. The van der Waals surface area contributed by atoms with Crippen LogP contribution in [0.1, 0.15) is 40.3 Å². The quantitative estimate of drug-likeness (QED) is 0.709. The van der Waals surface area contributed by atoms with E-state index in [4.69, 9.17) is 14.2 Å². The SMILES string of the molecule is COC(=O)c1cc(Oc2cnc(C(=O)N3CC(F)C3)c(F)c2)c2c(c1)OC(C)(C)C2. The summed E-state index contributed by atoms with van der Waals surface area (Å²) in [5.41, 5.74) is 0.0540. The number of esters is 1. The molecule has 7 nitrogen and oxygen atoms in total. The molecule has 0 saturated carbocycles. The Morgan fingerprint density at radius 3 is 2.63 bits per heavy atom. The number of pyridine rings is 1. The summed E-state index contributed by atoms with van der Waals surface area (Å²) in [4.78, 5) is 29.2. The number of ether oxygens (including phenoxy) is 3. The second-order valence-corrected chi connectivity index (χ2v) is 7.89. The third-order valence-corrected chi connectivity index (χ3v) is 4.95. The van der Waals surface area contributed by atoms with Crippen molar-refractivity contribution in [1.29, 1.82) is 0 Å². The number of fused-ring (bicyclic) bond motifs is 1. The highest BCUT2D eigenvalue weighted by molar-refractivity contribution is 5.93. The minimum Gasteiger partial charge on any atom is -0.487 e. The highest BCUT2D eigenvalue weighted by Gasteiger charge is 2.35. The molecule has 30 heavy (non-hydrogen) atoms. The van der Waals surface area contributed by atoms with Gasteiger partial charge in [0.1, 0.15) is 29.0 Å². The highest BCUT2D eigenvalue weighted by Crippen LogP contribution is 2.43. The van der Waals surface area contributed by atoms with E-state index < -0.39 is 35.2 Å². The van der Waals surface area contributed by atoms with Crippen LogP contribution in [0, 0.1) is 5.82 Å². The molecule has 2 aromatic rings. The van der Waals surface area contributed by atoms with Crippen LogP contribution in [0.25, 0.3) is 0 Å². The minimum absolute atomic E-state index is 0.0462. The van der Waals surface area contributed by atoms with Crippen molar-refractivity contribution in [2.45, 2.75) is 32.0 Å². The van der Waals surface area contributed by atoms with E-state index in [-0.39, 0.29) is 24.4 Å². The van der Waals surface area contributed by atoms with E-state index in [9.17, 15) is 18.4 Å². The van der Waals surface area contributed by atoms with Gasteiger partial charge in [-0.2, -0.15) is 0 Å². The van der Waals surface area contributed by atoms with Gasteiger partial charge < -0.3 is 19.1 Å². The molecule has 0 spiro atoms. The number of carbonyl (C=O) groups excluding carboxylic acids is 2. The molecule has 1 saturated heterocycles. The van der Waals surface area contributed by atoms with Crippen LogP contribution in [0.5, 0.6) is 17.2 Å². The summed E-state index contributed by atoms with van der Waals surface area (Å²) < 4.78 is 43.9. The normalized spacial score (nSPS) is 17.0. The van der Waals surface area contributed by atoms with Crippen LogP contribution in [0.15, 0.2) is 24.4 Å². The number of nitrogens with zero attached hydrogens (tertiary/aromatic N) is 2. The number of hydrogen-bond donors (Lipinski definition) is 0. The molecule has 1 amide bonds. The minimum atomic E-state index is -1.09. The third-order valence-electron chi connectivity index (χ3n) is 4.95. The lowest BCUT2D eigenvalue weighted by atomic mass is 10.00. The van der Waals surface area contributed by atoms with Crippen LogP contribution in [0.2, 0.25) is 0 Å². The van der Waals surface area contributed by atoms with Gasteiger partial charge in [0.05, 0.1) is 32.0 Å². The van der Waals surface area contributed by atoms with Crippen molar-refractivity contribution in [1.82, 2.24) is 9.88 Å². The van der Waals surface area contributed by atoms with Gasteiger partial charge in [0.25, 0.3) is 5.91 Å². The summed E-state index contributed by atoms with van der Waals surface area (Å²) in [6.45, 7) is 3.66. The van der Waals surface area contributed by atoms with Gasteiger partial charge in [-0.3, -0.25) is 4.79 Å². The van der Waals surface area contributed by atoms with Crippen LogP contribution in [0.3, 0.4) is 0 Å². The summed E-state index contributed by atoms with van der Waals surface area (Å²) in [5, 5.41) is 0. The Morgan fingerprint density at radius 2 is 2.00 bits per heavy atom. The number of likely N-dealkylation sites (tertiary alicyclic amines) is 1. The summed E-state index contributed by atoms with van der Waals surface area (Å²) in [5.74, 6) is -1.28. The molecule has 2 aliphatic heterocycles. The first kappa shape index (κ1) is 20.1. The number of halogens is 2. The summed E-state index contributed by atoms with van der Waals surface area (Å²) in [6.07, 6.45) is 0.641. The maximum absolute atomic E-state index is 14.5. The van der Waals surface area contributed by atoms with E-state index in [1.54, 1.807) is 6.07 Å². The van der Waals surface area contributed by atoms with Crippen LogP contribution in [-0.2, 0) is 11.2 Å². The van der Waals surface area contributed by atoms with Crippen LogP contribution in [-0.4, -0.2) is 53.7 Å². The van der Waals surface area contributed by atoms with Crippen LogP contribution >= 0.6 is 0 Å². The van der Waals surface area contributed by atoms with Gasteiger partial charge in [-0.15, -0.1) is 0 Å². The van der Waals surface area contributed by atoms with Crippen molar-refractivity contribution in [2.75, 3.05) is 20.2 Å². The van der Waals surface area contributed by atoms with E-state index in [0.29, 0.717) is 17.9 Å². The molecule has 158 valence electrons. The van der Waals surface area contributed by atoms with Crippen molar-refractivity contribution in [3.05, 3.63) is 47.0 Å². The lowest BCUT2D eigenvalue weighted by molar-refractivity contribution is 0.0389. The molecule has 0 radical (unpaired) electrons. The first-order valence-electron chi connectivity index (χ1n) is 9.38. The lowest BCUT2D eigenvalue weighted by Crippen LogP contribution is -2.51. The second kappa shape index (κ2) is 7.23. The second-order valence-electron chi connectivity index (χ2n) is 7.89. The monoisotopic (exact) mass is 418 g/mol. The van der Waals surface area contributed by atoms with E-state index in [0.717, 1.165) is 11.6 Å². The fraction of sp³-hybridized carbons (Fsp3) is 0.381. The Hall–Kier alpha value is -3.23. The zero-order chi connectivity index (χ0) is 21.6. The highest BCUT2D eigenvalue weighted by atomic mass is 19.1. The Morgan fingerprint density at radius 1 is 1.27 bits per heavy atom. The number of carbonyl (C=O) groups is 2. The molecule has 0 N–H and O–H groups in total. The molecule has 0 unspecified atom stereocenters. The predicted molar refractivity (Wildman–Crippen MR) is 101 cm³/mol. The van der Waals surface area contributed by atoms with E-state index in [1.807, 2.05) is 13.8 Å². The Labute approximate surface area is 171 Å². The molecule has 0 aliphatic carbocycles. The molecule has 2 aliphatic rings. The van der Waals surface area contributed by atoms with E-state index in [2.05, 4.69) is 4.98 Å². The molecule has 0 atom stereocenters. The van der Waals surface area contributed by atoms with Gasteiger partial charge in [0.2, 0.25) is 0 Å². The van der Waals surface area contributed by atoms with Gasteiger partial charge in [0, 0.05) is 18.1 Å². The van der Waals surface area contributed by atoms with Gasteiger partial charge in [0.15, 0.2) is 11.5 Å². The Kier molecular flexibility index (Phi) is 4.83. The molecular formula is C21H20F2N2O5. The predicted octanol–water partition coefficient (Wildman–Crippen LogP) is 3.31. The molecule has 1 aromatic heterocycles. The summed E-state index contributed by atoms with van der Waals surface area (Å²) in [6, 6.07) is 4.10. The topological polar surface area (TPSA) is 78.0 Å². The van der Waals surface area contributed by atoms with Crippen molar-refractivity contribution >= 4 is 11.9 Å². The molecule has 4 rings (SSSR count). The Balaban J connectivity index is 1.63. The molecule has 1 fully saturated rings. The molecular weight excluding hydrogens is 398 g/mol. The molecule has 9 heteroatoms. The average Bonchev–Trinajstić information content (AvgIpc) is 2.98. The standard InChI is InChI=1S/C21H20F2N2O5/c1-21(2)7-14-16(4-11(20(27)28-3)5-17(14)30-21)29-13-6-15(23)18(24-8-13)19(26)25-9-12(22)10-25/h4-6,8,12H,7,9-10H2,1-3H3. The first-order chi connectivity index (χ1) is 14.2. The average molecular weight is 418 g/mol.